The average molecular weight is 180 g/mol. The summed E-state index contributed by atoms with van der Waals surface area (Å²) in [6.45, 7) is 1.74. The third-order valence-electron chi connectivity index (χ3n) is 2.49. The van der Waals surface area contributed by atoms with E-state index in [4.69, 9.17) is 5.11 Å². The zero-order valence-electron chi connectivity index (χ0n) is 7.58. The number of nitrogens with zero attached hydrogens (tertiary/aromatic N) is 2. The van der Waals surface area contributed by atoms with Crippen LogP contribution in [0.2, 0.25) is 0 Å². The van der Waals surface area contributed by atoms with Gasteiger partial charge in [-0.05, 0) is 32.6 Å². The lowest BCUT2D eigenvalue weighted by molar-refractivity contribution is 0.194. The molecule has 2 rings (SSSR count). The van der Waals surface area contributed by atoms with Crippen LogP contribution in [-0.2, 0) is 12.8 Å². The Bertz CT molecular complexity index is 355. The summed E-state index contributed by atoms with van der Waals surface area (Å²) in [6, 6.07) is 0. The van der Waals surface area contributed by atoms with E-state index in [0.717, 1.165) is 37.1 Å². The van der Waals surface area contributed by atoms with Crippen LogP contribution in [0.3, 0.4) is 0 Å². The van der Waals surface area contributed by atoms with E-state index in [0.29, 0.717) is 5.82 Å². The first kappa shape index (κ1) is 8.29. The highest BCUT2D eigenvalue weighted by atomic mass is 16.4. The first-order valence-corrected chi connectivity index (χ1v) is 4.50. The van der Waals surface area contributed by atoms with Crippen LogP contribution in [0.25, 0.3) is 0 Å². The molecule has 4 heteroatoms. The highest BCUT2D eigenvalue weighted by molar-refractivity contribution is 5.70. The van der Waals surface area contributed by atoms with Gasteiger partial charge in [0.2, 0.25) is 0 Å². The number of carboxylic acid groups (broad SMARTS) is 1. The van der Waals surface area contributed by atoms with Crippen LogP contribution < -0.4 is 0 Å². The quantitative estimate of drug-likeness (QED) is 0.659. The summed E-state index contributed by atoms with van der Waals surface area (Å²) in [5, 5.41) is 8.93. The molecule has 70 valence electrons. The maximum atomic E-state index is 10.9. The highest BCUT2D eigenvalue weighted by Gasteiger charge is 2.20. The molecule has 0 unspecified atom stereocenters. The summed E-state index contributed by atoms with van der Waals surface area (Å²) in [5.41, 5.74) is 1.88. The summed E-state index contributed by atoms with van der Waals surface area (Å²) in [6.07, 6.45) is 3.07. The maximum Gasteiger partial charge on any atom is 0.417 e. The van der Waals surface area contributed by atoms with Gasteiger partial charge in [0.15, 0.2) is 0 Å². The molecule has 1 aliphatic carbocycles. The largest absolute Gasteiger partial charge is 0.464 e. The lowest BCUT2D eigenvalue weighted by atomic mass is 10.0. The van der Waals surface area contributed by atoms with Crippen LogP contribution in [-0.4, -0.2) is 20.8 Å². The minimum absolute atomic E-state index is 0.597. The van der Waals surface area contributed by atoms with Crippen LogP contribution in [0.1, 0.15) is 30.1 Å². The molecule has 0 atom stereocenters. The number of rotatable bonds is 0. The number of carbonyl (C=O) groups is 1. The van der Waals surface area contributed by atoms with Crippen molar-refractivity contribution in [1.29, 1.82) is 0 Å². The second kappa shape index (κ2) is 2.87. The van der Waals surface area contributed by atoms with Crippen molar-refractivity contribution in [3.8, 4) is 0 Å². The Morgan fingerprint density at radius 3 is 2.85 bits per heavy atom. The second-order valence-electron chi connectivity index (χ2n) is 3.38. The molecule has 0 saturated heterocycles. The van der Waals surface area contributed by atoms with Crippen LogP contribution in [0, 0.1) is 6.92 Å². The Hall–Kier alpha value is -1.32. The van der Waals surface area contributed by atoms with Crippen molar-refractivity contribution in [2.45, 2.75) is 32.6 Å². The first-order chi connectivity index (χ1) is 6.20. The highest BCUT2D eigenvalue weighted by Crippen LogP contribution is 2.21. The standard InChI is InChI=1S/C9H12N2O2/c1-6-10-7-4-2-3-5-8(7)11(6)9(12)13/h2-5H2,1H3,(H,12,13). The monoisotopic (exact) mass is 180 g/mol. The van der Waals surface area contributed by atoms with Gasteiger partial charge in [-0.3, -0.25) is 0 Å². The molecule has 1 aromatic heterocycles. The molecule has 0 aliphatic heterocycles. The molecule has 0 aromatic carbocycles. The predicted octanol–water partition coefficient (Wildman–Crippen LogP) is 1.60. The molecule has 1 heterocycles. The van der Waals surface area contributed by atoms with E-state index in [-0.39, 0.29) is 0 Å². The number of aromatic nitrogens is 2. The van der Waals surface area contributed by atoms with Crippen LogP contribution >= 0.6 is 0 Å². The van der Waals surface area contributed by atoms with Crippen molar-refractivity contribution in [3.05, 3.63) is 17.2 Å². The smallest absolute Gasteiger partial charge is 0.417 e. The van der Waals surface area contributed by atoms with E-state index in [2.05, 4.69) is 4.98 Å². The molecule has 0 amide bonds. The van der Waals surface area contributed by atoms with Gasteiger partial charge < -0.3 is 5.11 Å². The van der Waals surface area contributed by atoms with Gasteiger partial charge in [-0.15, -0.1) is 0 Å². The maximum absolute atomic E-state index is 10.9. The van der Waals surface area contributed by atoms with Crippen molar-refractivity contribution in [2.75, 3.05) is 0 Å². The molecular formula is C9H12N2O2. The van der Waals surface area contributed by atoms with Crippen molar-refractivity contribution < 1.29 is 9.90 Å². The Morgan fingerprint density at radius 1 is 1.46 bits per heavy atom. The Kier molecular flexibility index (Phi) is 1.83. The molecule has 0 radical (unpaired) electrons. The van der Waals surface area contributed by atoms with Crippen LogP contribution in [0.5, 0.6) is 0 Å². The molecule has 13 heavy (non-hydrogen) atoms. The zero-order valence-corrected chi connectivity index (χ0v) is 7.58. The number of fused-ring (bicyclic) bond motifs is 1. The summed E-state index contributed by atoms with van der Waals surface area (Å²) in [4.78, 5) is 15.1. The van der Waals surface area contributed by atoms with E-state index >= 15 is 0 Å². The fourth-order valence-corrected chi connectivity index (χ4v) is 1.93. The van der Waals surface area contributed by atoms with E-state index in [9.17, 15) is 4.79 Å². The predicted molar refractivity (Wildman–Crippen MR) is 47.0 cm³/mol. The summed E-state index contributed by atoms with van der Waals surface area (Å²) < 4.78 is 1.31. The van der Waals surface area contributed by atoms with Crippen LogP contribution in [0.15, 0.2) is 0 Å². The molecule has 1 aliphatic rings. The third-order valence-corrected chi connectivity index (χ3v) is 2.49. The van der Waals surface area contributed by atoms with Gasteiger partial charge in [-0.1, -0.05) is 0 Å². The van der Waals surface area contributed by atoms with Gasteiger partial charge in [0, 0.05) is 0 Å². The fourth-order valence-electron chi connectivity index (χ4n) is 1.93. The Labute approximate surface area is 76.2 Å². The lowest BCUT2D eigenvalue weighted by Crippen LogP contribution is -2.15. The first-order valence-electron chi connectivity index (χ1n) is 4.50. The third kappa shape index (κ3) is 1.22. The van der Waals surface area contributed by atoms with Crippen LogP contribution in [0.4, 0.5) is 4.79 Å². The Balaban J connectivity index is 2.54. The van der Waals surface area contributed by atoms with E-state index in [1.807, 2.05) is 0 Å². The van der Waals surface area contributed by atoms with E-state index in [1.54, 1.807) is 6.92 Å². The molecule has 1 aromatic rings. The lowest BCUT2D eigenvalue weighted by Gasteiger charge is -2.11. The fraction of sp³-hybridized carbons (Fsp3) is 0.556. The zero-order chi connectivity index (χ0) is 9.42. The second-order valence-corrected chi connectivity index (χ2v) is 3.38. The molecule has 4 nitrogen and oxygen atoms in total. The topological polar surface area (TPSA) is 55.1 Å². The summed E-state index contributed by atoms with van der Waals surface area (Å²) in [7, 11) is 0. The normalized spacial score (nSPS) is 15.5. The van der Waals surface area contributed by atoms with Crippen molar-refractivity contribution in [1.82, 2.24) is 9.55 Å². The molecule has 1 N–H and O–H groups in total. The van der Waals surface area contributed by atoms with Gasteiger partial charge in [0.1, 0.15) is 5.82 Å². The Morgan fingerprint density at radius 2 is 2.15 bits per heavy atom. The van der Waals surface area contributed by atoms with Gasteiger partial charge in [0.25, 0.3) is 0 Å². The summed E-state index contributed by atoms with van der Waals surface area (Å²) in [5.74, 6) is 0.597. The molecular weight excluding hydrogens is 168 g/mol. The number of hydrogen-bond acceptors (Lipinski definition) is 2. The molecule has 0 bridgehead atoms. The van der Waals surface area contributed by atoms with Crippen molar-refractivity contribution in [3.63, 3.8) is 0 Å². The average Bonchev–Trinajstić information content (AvgIpc) is 2.39. The number of aryl methyl sites for hydroxylation is 2. The minimum Gasteiger partial charge on any atom is -0.464 e. The molecule has 0 saturated carbocycles. The van der Waals surface area contributed by atoms with Gasteiger partial charge >= 0.3 is 6.09 Å². The molecule has 0 spiro atoms. The van der Waals surface area contributed by atoms with E-state index in [1.165, 1.54) is 4.57 Å². The van der Waals surface area contributed by atoms with Crippen molar-refractivity contribution in [2.24, 2.45) is 0 Å². The molecule has 0 fully saturated rings. The number of hydrogen-bond donors (Lipinski definition) is 1. The number of imidazole rings is 1. The van der Waals surface area contributed by atoms with Gasteiger partial charge in [-0.25, -0.2) is 14.3 Å². The van der Waals surface area contributed by atoms with Gasteiger partial charge in [-0.2, -0.15) is 0 Å². The van der Waals surface area contributed by atoms with E-state index < -0.39 is 6.09 Å². The minimum atomic E-state index is -0.909. The van der Waals surface area contributed by atoms with Crippen molar-refractivity contribution >= 4 is 6.09 Å². The van der Waals surface area contributed by atoms with Gasteiger partial charge in [0.05, 0.1) is 11.4 Å². The summed E-state index contributed by atoms with van der Waals surface area (Å²) >= 11 is 0. The SMILES string of the molecule is Cc1nc2c(n1C(=O)O)CCCC2.